The van der Waals surface area contributed by atoms with Crippen molar-refractivity contribution >= 4 is 5.91 Å². The molecule has 1 amide bonds. The fourth-order valence-electron chi connectivity index (χ4n) is 0.494. The van der Waals surface area contributed by atoms with E-state index in [4.69, 9.17) is 0 Å². The highest BCUT2D eigenvalue weighted by atomic mass is 16.1. The van der Waals surface area contributed by atoms with Crippen molar-refractivity contribution in [2.75, 3.05) is 0 Å². The van der Waals surface area contributed by atoms with Crippen molar-refractivity contribution < 1.29 is 4.79 Å². The highest BCUT2D eigenvalue weighted by Gasteiger charge is 1.88. The Hall–Kier alpha value is -1.23. The van der Waals surface area contributed by atoms with Gasteiger partial charge in [0.25, 0.3) is 0 Å². The van der Waals surface area contributed by atoms with Gasteiger partial charge < -0.3 is 5.32 Å². The molecule has 0 rings (SSSR count). The molecule has 0 aromatic rings. The van der Waals surface area contributed by atoms with Crippen LogP contribution in [0, 0.1) is 11.8 Å². The Labute approximate surface area is 61.3 Å². The Morgan fingerprint density at radius 1 is 1.50 bits per heavy atom. The second-order valence-electron chi connectivity index (χ2n) is 1.90. The van der Waals surface area contributed by atoms with Crippen LogP contribution in [-0.4, -0.2) is 5.91 Å². The molecule has 0 aliphatic heterocycles. The second-order valence-corrected chi connectivity index (χ2v) is 1.90. The summed E-state index contributed by atoms with van der Waals surface area (Å²) in [6.45, 7) is 5.01. The Bertz CT molecular complexity index is 205. The maximum Gasteiger partial charge on any atom is 0.221 e. The van der Waals surface area contributed by atoms with Gasteiger partial charge in [-0.15, -0.1) is 5.92 Å². The van der Waals surface area contributed by atoms with Crippen LogP contribution < -0.4 is 5.32 Å². The molecule has 0 atom stereocenters. The highest BCUT2D eigenvalue weighted by molar-refractivity contribution is 5.74. The number of carbonyl (C=O) groups is 1. The number of hydrogen-bond acceptors (Lipinski definition) is 1. The second kappa shape index (κ2) is 4.63. The van der Waals surface area contributed by atoms with E-state index in [1.807, 2.05) is 0 Å². The van der Waals surface area contributed by atoms with Gasteiger partial charge in [0, 0.05) is 18.7 Å². The summed E-state index contributed by atoms with van der Waals surface area (Å²) in [5.41, 5.74) is 0.779. The first-order chi connectivity index (χ1) is 4.66. The zero-order valence-electron chi connectivity index (χ0n) is 6.49. The molecule has 10 heavy (non-hydrogen) atoms. The molecule has 0 radical (unpaired) electrons. The molecule has 0 aromatic carbocycles. The van der Waals surface area contributed by atoms with Crippen molar-refractivity contribution in [3.63, 3.8) is 0 Å². The van der Waals surface area contributed by atoms with E-state index >= 15 is 0 Å². The van der Waals surface area contributed by atoms with Crippen LogP contribution in [0.4, 0.5) is 0 Å². The molecule has 0 saturated carbocycles. The number of nitrogens with one attached hydrogen (secondary N) is 1. The van der Waals surface area contributed by atoms with Gasteiger partial charge in [-0.1, -0.05) is 5.92 Å². The quantitative estimate of drug-likeness (QED) is 0.538. The van der Waals surface area contributed by atoms with Crippen LogP contribution in [0.1, 0.15) is 20.8 Å². The average Bonchev–Trinajstić information content (AvgIpc) is 1.82. The fourth-order valence-corrected chi connectivity index (χ4v) is 0.494. The van der Waals surface area contributed by atoms with E-state index in [1.54, 1.807) is 19.9 Å². The molecular formula is C8H11NO. The lowest BCUT2D eigenvalue weighted by Gasteiger charge is -1.96. The summed E-state index contributed by atoms with van der Waals surface area (Å²) in [4.78, 5) is 10.4. The first-order valence-electron chi connectivity index (χ1n) is 3.03. The monoisotopic (exact) mass is 137 g/mol. The van der Waals surface area contributed by atoms with E-state index in [2.05, 4.69) is 17.2 Å². The molecule has 0 aliphatic carbocycles. The van der Waals surface area contributed by atoms with Crippen LogP contribution in [0.3, 0.4) is 0 Å². The van der Waals surface area contributed by atoms with Crippen LogP contribution in [0.2, 0.25) is 0 Å². The minimum Gasteiger partial charge on any atom is -0.330 e. The molecule has 0 aliphatic rings. The summed E-state index contributed by atoms with van der Waals surface area (Å²) in [6.07, 6.45) is 1.67. The van der Waals surface area contributed by atoms with E-state index in [0.717, 1.165) is 5.70 Å². The topological polar surface area (TPSA) is 29.1 Å². The van der Waals surface area contributed by atoms with Crippen LogP contribution in [0.15, 0.2) is 11.8 Å². The summed E-state index contributed by atoms with van der Waals surface area (Å²) >= 11 is 0. The van der Waals surface area contributed by atoms with E-state index in [0.29, 0.717) is 0 Å². The minimum absolute atomic E-state index is 0.0633. The summed E-state index contributed by atoms with van der Waals surface area (Å²) in [7, 11) is 0. The minimum atomic E-state index is -0.0633. The summed E-state index contributed by atoms with van der Waals surface area (Å²) in [6, 6.07) is 0. The van der Waals surface area contributed by atoms with Gasteiger partial charge in [-0.3, -0.25) is 4.79 Å². The van der Waals surface area contributed by atoms with Crippen LogP contribution in [0.5, 0.6) is 0 Å². The lowest BCUT2D eigenvalue weighted by atomic mass is 10.4. The first-order valence-corrected chi connectivity index (χ1v) is 3.03. The fraction of sp³-hybridized carbons (Fsp3) is 0.375. The van der Waals surface area contributed by atoms with Crippen LogP contribution in [0.25, 0.3) is 0 Å². The normalized spacial score (nSPS) is 9.70. The molecule has 2 nitrogen and oxygen atoms in total. The number of hydrogen-bond donors (Lipinski definition) is 1. The third kappa shape index (κ3) is 4.92. The molecular weight excluding hydrogens is 126 g/mol. The maximum absolute atomic E-state index is 10.4. The first kappa shape index (κ1) is 8.77. The highest BCUT2D eigenvalue weighted by Crippen LogP contribution is 1.83. The number of rotatable bonds is 1. The summed E-state index contributed by atoms with van der Waals surface area (Å²) < 4.78 is 0. The predicted molar refractivity (Wildman–Crippen MR) is 41.0 cm³/mol. The predicted octanol–water partition coefficient (Wildman–Crippen LogP) is 1.05. The largest absolute Gasteiger partial charge is 0.330 e. The van der Waals surface area contributed by atoms with Crippen LogP contribution in [-0.2, 0) is 4.79 Å². The van der Waals surface area contributed by atoms with E-state index < -0.39 is 0 Å². The van der Waals surface area contributed by atoms with Gasteiger partial charge in [-0.25, -0.2) is 0 Å². The standard InChI is InChI=1S/C8H11NO/c1-4-5-6-7(2)9-8(3)10/h6H,1-3H3,(H,9,10)/b7-6+. The third-order valence-electron chi connectivity index (χ3n) is 0.806. The van der Waals surface area contributed by atoms with E-state index in [-0.39, 0.29) is 5.91 Å². The number of carbonyl (C=O) groups excluding carboxylic acids is 1. The zero-order valence-corrected chi connectivity index (χ0v) is 6.49. The smallest absolute Gasteiger partial charge is 0.221 e. The molecule has 54 valence electrons. The molecule has 0 fully saturated rings. The van der Waals surface area contributed by atoms with Gasteiger partial charge in [-0.05, 0) is 13.8 Å². The Morgan fingerprint density at radius 3 is 2.50 bits per heavy atom. The van der Waals surface area contributed by atoms with Crippen molar-refractivity contribution in [2.24, 2.45) is 0 Å². The summed E-state index contributed by atoms with van der Waals surface area (Å²) in [5.74, 6) is 5.36. The molecule has 0 unspecified atom stereocenters. The van der Waals surface area contributed by atoms with Gasteiger partial charge >= 0.3 is 0 Å². The molecule has 0 saturated heterocycles. The molecule has 1 N–H and O–H groups in total. The average molecular weight is 137 g/mol. The van der Waals surface area contributed by atoms with Gasteiger partial charge in [0.2, 0.25) is 5.91 Å². The maximum atomic E-state index is 10.4. The SMILES string of the molecule is CC#C/C=C(\C)NC(C)=O. The zero-order chi connectivity index (χ0) is 7.98. The van der Waals surface area contributed by atoms with Crippen molar-refractivity contribution in [3.8, 4) is 11.8 Å². The van der Waals surface area contributed by atoms with Gasteiger partial charge in [0.05, 0.1) is 0 Å². The van der Waals surface area contributed by atoms with Gasteiger partial charge in [-0.2, -0.15) is 0 Å². The molecule has 0 heterocycles. The summed E-state index contributed by atoms with van der Waals surface area (Å²) in [5, 5.41) is 2.60. The van der Waals surface area contributed by atoms with Crippen molar-refractivity contribution in [2.45, 2.75) is 20.8 Å². The Morgan fingerprint density at radius 2 is 2.10 bits per heavy atom. The Balaban J connectivity index is 3.90. The van der Waals surface area contributed by atoms with E-state index in [1.165, 1.54) is 6.92 Å². The van der Waals surface area contributed by atoms with Gasteiger partial charge in [0.15, 0.2) is 0 Å². The molecule has 2 heteroatoms. The third-order valence-corrected chi connectivity index (χ3v) is 0.806. The van der Waals surface area contributed by atoms with Crippen LogP contribution >= 0.6 is 0 Å². The van der Waals surface area contributed by atoms with Crippen molar-refractivity contribution in [1.82, 2.24) is 5.32 Å². The number of allylic oxidation sites excluding steroid dienone is 2. The molecule has 0 spiro atoms. The molecule has 0 bridgehead atoms. The van der Waals surface area contributed by atoms with Crippen molar-refractivity contribution in [3.05, 3.63) is 11.8 Å². The molecule has 0 aromatic heterocycles. The van der Waals surface area contributed by atoms with E-state index in [9.17, 15) is 4.79 Å². The number of amides is 1. The van der Waals surface area contributed by atoms with Gasteiger partial charge in [0.1, 0.15) is 0 Å². The lowest BCUT2D eigenvalue weighted by Crippen LogP contribution is -2.16. The van der Waals surface area contributed by atoms with Crippen molar-refractivity contribution in [1.29, 1.82) is 0 Å². The Kier molecular flexibility index (Phi) is 4.06. The lowest BCUT2D eigenvalue weighted by molar-refractivity contribution is -0.118.